The van der Waals surface area contributed by atoms with Gasteiger partial charge in [-0.15, -0.1) is 0 Å². The first-order chi connectivity index (χ1) is 11.5. The molecule has 24 heavy (non-hydrogen) atoms. The predicted molar refractivity (Wildman–Crippen MR) is 85.7 cm³/mol. The molecule has 2 aromatic rings. The van der Waals surface area contributed by atoms with Gasteiger partial charge in [0.1, 0.15) is 12.5 Å². The molecule has 0 bridgehead atoms. The summed E-state index contributed by atoms with van der Waals surface area (Å²) in [4.78, 5) is 18.7. The van der Waals surface area contributed by atoms with Crippen molar-refractivity contribution in [2.24, 2.45) is 0 Å². The number of carboxylic acids is 1. The van der Waals surface area contributed by atoms with Gasteiger partial charge in [0.25, 0.3) is 10.1 Å². The summed E-state index contributed by atoms with van der Waals surface area (Å²) in [5.41, 5.74) is 1.24. The van der Waals surface area contributed by atoms with Gasteiger partial charge in [-0.05, 0) is 24.3 Å². The average Bonchev–Trinajstić information content (AvgIpc) is 2.55. The number of rotatable bonds is 9. The second-order valence-corrected chi connectivity index (χ2v) is 6.52. The number of nitrogens with zero attached hydrogens (tertiary/aromatic N) is 2. The number of hydrogen-bond donors (Lipinski definition) is 2. The molecule has 2 N–H and O–H groups in total. The van der Waals surface area contributed by atoms with Crippen LogP contribution in [0.2, 0.25) is 0 Å². The summed E-state index contributed by atoms with van der Waals surface area (Å²) in [5.74, 6) is -1.31. The Morgan fingerprint density at radius 1 is 1.17 bits per heavy atom. The van der Waals surface area contributed by atoms with Gasteiger partial charge in [-0.2, -0.15) is 8.42 Å². The Morgan fingerprint density at radius 2 is 2.00 bits per heavy atom. The SMILES string of the molecule is O=C(O)c1ccc(CCNCOS(=O)(=O)Cc2ccccn2)nc1. The zero-order valence-corrected chi connectivity index (χ0v) is 13.6. The number of nitrogens with one attached hydrogen (secondary N) is 1. The van der Waals surface area contributed by atoms with E-state index in [4.69, 9.17) is 9.29 Å². The summed E-state index contributed by atoms with van der Waals surface area (Å²) < 4.78 is 28.4. The van der Waals surface area contributed by atoms with Crippen LogP contribution in [-0.4, -0.2) is 42.7 Å². The minimum Gasteiger partial charge on any atom is -0.478 e. The maximum Gasteiger partial charge on any atom is 0.337 e. The van der Waals surface area contributed by atoms with Crippen molar-refractivity contribution in [1.29, 1.82) is 0 Å². The third-order valence-corrected chi connectivity index (χ3v) is 4.15. The number of hydrogen-bond acceptors (Lipinski definition) is 7. The van der Waals surface area contributed by atoms with Crippen LogP contribution in [-0.2, 0) is 26.5 Å². The van der Waals surface area contributed by atoms with E-state index in [1.807, 2.05) is 0 Å². The third-order valence-electron chi connectivity index (χ3n) is 3.02. The normalized spacial score (nSPS) is 11.3. The Balaban J connectivity index is 1.69. The summed E-state index contributed by atoms with van der Waals surface area (Å²) >= 11 is 0. The highest BCUT2D eigenvalue weighted by atomic mass is 32.2. The molecule has 0 saturated carbocycles. The third kappa shape index (κ3) is 6.03. The van der Waals surface area contributed by atoms with Gasteiger partial charge in [0, 0.05) is 31.1 Å². The molecule has 2 aromatic heterocycles. The fourth-order valence-electron chi connectivity index (χ4n) is 1.83. The summed E-state index contributed by atoms with van der Waals surface area (Å²) in [5, 5.41) is 11.6. The largest absolute Gasteiger partial charge is 0.478 e. The van der Waals surface area contributed by atoms with E-state index < -0.39 is 16.1 Å². The molecule has 8 nitrogen and oxygen atoms in total. The highest BCUT2D eigenvalue weighted by Crippen LogP contribution is 2.04. The van der Waals surface area contributed by atoms with Crippen LogP contribution < -0.4 is 5.32 Å². The lowest BCUT2D eigenvalue weighted by Crippen LogP contribution is -2.24. The van der Waals surface area contributed by atoms with Crippen LogP contribution in [0.3, 0.4) is 0 Å². The van der Waals surface area contributed by atoms with Crippen molar-refractivity contribution in [2.45, 2.75) is 12.2 Å². The van der Waals surface area contributed by atoms with Crippen LogP contribution in [0, 0.1) is 0 Å². The van der Waals surface area contributed by atoms with Crippen LogP contribution in [0.1, 0.15) is 21.7 Å². The topological polar surface area (TPSA) is 118 Å². The van der Waals surface area contributed by atoms with Crippen LogP contribution in [0.15, 0.2) is 42.7 Å². The Morgan fingerprint density at radius 3 is 2.62 bits per heavy atom. The molecule has 0 saturated heterocycles. The van der Waals surface area contributed by atoms with Gasteiger partial charge < -0.3 is 5.11 Å². The number of pyridine rings is 2. The highest BCUT2D eigenvalue weighted by Gasteiger charge is 2.12. The van der Waals surface area contributed by atoms with Gasteiger partial charge in [0.2, 0.25) is 0 Å². The molecule has 9 heteroatoms. The maximum atomic E-state index is 11.8. The van der Waals surface area contributed by atoms with Gasteiger partial charge in [0.05, 0.1) is 11.3 Å². The molecule has 0 aliphatic heterocycles. The minimum atomic E-state index is -3.70. The molecule has 0 amide bonds. The Hall–Kier alpha value is -2.36. The van der Waals surface area contributed by atoms with Crippen molar-refractivity contribution in [3.63, 3.8) is 0 Å². The first kappa shape index (κ1) is 18.0. The van der Waals surface area contributed by atoms with Crippen molar-refractivity contribution in [3.8, 4) is 0 Å². The van der Waals surface area contributed by atoms with Crippen LogP contribution in [0.4, 0.5) is 0 Å². The quantitative estimate of drug-likeness (QED) is 0.387. The van der Waals surface area contributed by atoms with Crippen LogP contribution >= 0.6 is 0 Å². The summed E-state index contributed by atoms with van der Waals surface area (Å²) in [7, 11) is -3.70. The van der Waals surface area contributed by atoms with E-state index in [9.17, 15) is 13.2 Å². The lowest BCUT2D eigenvalue weighted by atomic mass is 10.2. The number of carboxylic acid groups (broad SMARTS) is 1. The van der Waals surface area contributed by atoms with Crippen molar-refractivity contribution in [3.05, 3.63) is 59.7 Å². The lowest BCUT2D eigenvalue weighted by molar-refractivity contribution is 0.0696. The maximum absolute atomic E-state index is 11.8. The molecule has 0 fully saturated rings. The van der Waals surface area contributed by atoms with E-state index in [0.29, 0.717) is 24.4 Å². The first-order valence-electron chi connectivity index (χ1n) is 7.12. The second kappa shape index (κ2) is 8.48. The van der Waals surface area contributed by atoms with E-state index in [-0.39, 0.29) is 18.0 Å². The Kier molecular flexibility index (Phi) is 6.36. The van der Waals surface area contributed by atoms with Gasteiger partial charge in [0.15, 0.2) is 0 Å². The number of aromatic carboxylic acids is 1. The fourth-order valence-corrected chi connectivity index (χ4v) is 2.70. The van der Waals surface area contributed by atoms with E-state index in [1.165, 1.54) is 18.5 Å². The average molecular weight is 351 g/mol. The van der Waals surface area contributed by atoms with Gasteiger partial charge >= 0.3 is 5.97 Å². The summed E-state index contributed by atoms with van der Waals surface area (Å²) in [6.45, 7) is 0.293. The van der Waals surface area contributed by atoms with Crippen molar-refractivity contribution in [2.75, 3.05) is 13.3 Å². The van der Waals surface area contributed by atoms with Gasteiger partial charge in [-0.25, -0.2) is 4.79 Å². The van der Waals surface area contributed by atoms with Crippen molar-refractivity contribution in [1.82, 2.24) is 15.3 Å². The van der Waals surface area contributed by atoms with Crippen molar-refractivity contribution >= 4 is 16.1 Å². The summed E-state index contributed by atoms with van der Waals surface area (Å²) in [6, 6.07) is 8.11. The number of aromatic nitrogens is 2. The van der Waals surface area contributed by atoms with E-state index in [0.717, 1.165) is 0 Å². The highest BCUT2D eigenvalue weighted by molar-refractivity contribution is 7.85. The van der Waals surface area contributed by atoms with Crippen molar-refractivity contribution < 1.29 is 22.5 Å². The standard InChI is InChI=1S/C15H17N3O5S/c19-15(20)12-4-5-13(18-9-12)6-8-16-11-23-24(21,22)10-14-3-1-2-7-17-14/h1-5,7,9,16H,6,8,10-11H2,(H,19,20). The monoisotopic (exact) mass is 351 g/mol. The molecule has 0 atom stereocenters. The zero-order valence-electron chi connectivity index (χ0n) is 12.8. The molecule has 2 heterocycles. The summed E-state index contributed by atoms with van der Waals surface area (Å²) in [6.07, 6.45) is 3.32. The smallest absolute Gasteiger partial charge is 0.337 e. The Labute approximate surface area is 139 Å². The van der Waals surface area contributed by atoms with E-state index in [1.54, 1.807) is 24.3 Å². The zero-order chi connectivity index (χ0) is 17.4. The van der Waals surface area contributed by atoms with Crippen LogP contribution in [0.25, 0.3) is 0 Å². The van der Waals surface area contributed by atoms with E-state index in [2.05, 4.69) is 15.3 Å². The molecule has 0 radical (unpaired) electrons. The predicted octanol–water partition coefficient (Wildman–Crippen LogP) is 0.811. The molecule has 0 aromatic carbocycles. The lowest BCUT2D eigenvalue weighted by Gasteiger charge is -2.07. The molecule has 128 valence electrons. The van der Waals surface area contributed by atoms with E-state index >= 15 is 0 Å². The molecule has 2 rings (SSSR count). The second-order valence-electron chi connectivity index (χ2n) is 4.88. The van der Waals surface area contributed by atoms with Gasteiger partial charge in [-0.3, -0.25) is 19.5 Å². The van der Waals surface area contributed by atoms with Crippen LogP contribution in [0.5, 0.6) is 0 Å². The minimum absolute atomic E-state index is 0.121. The Bertz CT molecular complexity index is 763. The number of carbonyl (C=O) groups is 1. The molecule has 0 spiro atoms. The first-order valence-corrected chi connectivity index (χ1v) is 8.70. The van der Waals surface area contributed by atoms with Gasteiger partial charge in [-0.1, -0.05) is 6.07 Å². The molecule has 0 aliphatic carbocycles. The fraction of sp³-hybridized carbons (Fsp3) is 0.267. The molecular formula is C15H17N3O5S. The molecule has 0 unspecified atom stereocenters. The molecular weight excluding hydrogens is 334 g/mol. The molecule has 0 aliphatic rings.